The molecule has 0 amide bonds. The van der Waals surface area contributed by atoms with Crippen molar-refractivity contribution in [3.8, 4) is 0 Å². The number of fused-ring (bicyclic) bond motifs is 1. The minimum Gasteiger partial charge on any atom is -0.766 e. The summed E-state index contributed by atoms with van der Waals surface area (Å²) in [5.41, 5.74) is 0. The maximum absolute atomic E-state index is 11.2. The zero-order valence-corrected chi connectivity index (χ0v) is 10.1. The first-order valence-corrected chi connectivity index (χ1v) is 6.73. The van der Waals surface area contributed by atoms with Crippen molar-refractivity contribution in [2.45, 2.75) is 44.2 Å². The third-order valence-electron chi connectivity index (χ3n) is 2.57. The molecule has 0 aromatic rings. The highest BCUT2D eigenvalue weighted by atomic mass is 31.2. The van der Waals surface area contributed by atoms with E-state index in [4.69, 9.17) is 21.8 Å². The van der Waals surface area contributed by atoms with E-state index < -0.39 is 32.0 Å². The molecule has 0 bridgehead atoms. The lowest BCUT2D eigenvalue weighted by Crippen LogP contribution is -2.37. The van der Waals surface area contributed by atoms with Gasteiger partial charge in [0.25, 0.3) is 0 Å². The maximum atomic E-state index is 11.2. The summed E-state index contributed by atoms with van der Waals surface area (Å²) in [7, 11) is 1.70. The first-order valence-electron chi connectivity index (χ1n) is 5.19. The van der Waals surface area contributed by atoms with Crippen LogP contribution >= 0.6 is 7.75 Å². The van der Waals surface area contributed by atoms with Crippen molar-refractivity contribution >= 4 is 15.6 Å². The van der Waals surface area contributed by atoms with Crippen LogP contribution in [0.4, 0.5) is 0 Å². The van der Waals surface area contributed by atoms with Crippen molar-refractivity contribution < 1.29 is 23.5 Å². The maximum Gasteiger partial charge on any atom is 0.205 e. The molecule has 0 aliphatic carbocycles. The van der Waals surface area contributed by atoms with Crippen LogP contribution in [0.2, 0.25) is 0 Å². The van der Waals surface area contributed by atoms with Gasteiger partial charge in [0.2, 0.25) is 7.75 Å². The predicted octanol–water partition coefficient (Wildman–Crippen LogP) is -0.870. The van der Waals surface area contributed by atoms with Gasteiger partial charge in [0, 0.05) is 6.00 Å². The molecule has 0 aromatic heterocycles. The molecule has 0 saturated carbocycles. The molecule has 3 unspecified atom stereocenters. The molecule has 6 nitrogen and oxygen atoms in total. The molecular weight excluding hydrogens is 232 g/mol. The first-order chi connectivity index (χ1) is 7.39. The van der Waals surface area contributed by atoms with E-state index in [9.17, 15) is 9.46 Å². The van der Waals surface area contributed by atoms with E-state index in [1.807, 2.05) is 13.8 Å². The van der Waals surface area contributed by atoms with E-state index >= 15 is 0 Å². The van der Waals surface area contributed by atoms with E-state index in [-0.39, 0.29) is 12.7 Å². The fraction of sp³-hybridized carbons (Fsp3) is 1.00. The lowest BCUT2D eigenvalue weighted by molar-refractivity contribution is -0.202. The van der Waals surface area contributed by atoms with E-state index in [0.29, 0.717) is 0 Å². The lowest BCUT2D eigenvalue weighted by Gasteiger charge is -2.22. The molecule has 8 heteroatoms. The molecule has 0 spiro atoms. The Kier molecular flexibility index (Phi) is 3.45. The Labute approximate surface area is 95.6 Å². The third-order valence-corrected chi connectivity index (χ3v) is 3.70. The van der Waals surface area contributed by atoms with Crippen LogP contribution in [0.5, 0.6) is 0 Å². The van der Waals surface area contributed by atoms with Crippen molar-refractivity contribution in [1.29, 1.82) is 0 Å². The molecule has 2 saturated heterocycles. The van der Waals surface area contributed by atoms with Gasteiger partial charge in [0.15, 0.2) is 0 Å². The summed E-state index contributed by atoms with van der Waals surface area (Å²) in [5.74, 6) is 0. The Morgan fingerprint density at radius 1 is 1.62 bits per heavy atom. The number of ether oxygens (including phenoxy) is 2. The van der Waals surface area contributed by atoms with Gasteiger partial charge in [-0.05, 0) is 13.8 Å². The number of nitrogens with one attached hydrogen (secondary N) is 1. The zero-order chi connectivity index (χ0) is 11.9. The standard InChI is InChI=1S/C8H15BNO5P/c1-4(2)13-3-5-7-6(8(9)14-5)10-16(11,12)15-7/h4-8H,3H2,1-2H3,(H2,10,11,12)/p-1/t5-,6?,7?,8-/m1/s1. The average Bonchev–Trinajstić information content (AvgIpc) is 2.59. The number of rotatable bonds is 3. The number of hydrogen-bond donors (Lipinski definition) is 1. The van der Waals surface area contributed by atoms with Gasteiger partial charge in [-0.15, -0.1) is 0 Å². The summed E-state index contributed by atoms with van der Waals surface area (Å²) < 4.78 is 26.9. The summed E-state index contributed by atoms with van der Waals surface area (Å²) in [5, 5.41) is 2.33. The van der Waals surface area contributed by atoms with Gasteiger partial charge in [-0.3, -0.25) is 4.57 Å². The van der Waals surface area contributed by atoms with E-state index in [2.05, 4.69) is 5.09 Å². The second-order valence-electron chi connectivity index (χ2n) is 4.24. The lowest BCUT2D eigenvalue weighted by atomic mass is 9.91. The Morgan fingerprint density at radius 3 is 2.94 bits per heavy atom. The van der Waals surface area contributed by atoms with Gasteiger partial charge < -0.3 is 18.9 Å². The first kappa shape index (κ1) is 12.5. The molecule has 2 aliphatic rings. The van der Waals surface area contributed by atoms with Gasteiger partial charge >= 0.3 is 0 Å². The van der Waals surface area contributed by atoms with Crippen LogP contribution in [0.1, 0.15) is 13.8 Å². The molecule has 1 N–H and O–H groups in total. The highest BCUT2D eigenvalue weighted by Gasteiger charge is 2.50. The SMILES string of the molecule is [B][C@@H]1O[C@H](COC(C)C)C2OP(=O)([O-])NC21. The molecule has 2 radical (unpaired) electrons. The minimum absolute atomic E-state index is 0.0484. The fourth-order valence-corrected chi connectivity index (χ4v) is 3.16. The molecule has 5 atom stereocenters. The van der Waals surface area contributed by atoms with Crippen LogP contribution in [0, 0.1) is 0 Å². The molecular formula is C8H14BNO5P-. The molecule has 2 aliphatic heterocycles. The molecule has 2 heterocycles. The van der Waals surface area contributed by atoms with Crippen molar-refractivity contribution in [2.75, 3.05) is 6.61 Å². The van der Waals surface area contributed by atoms with Gasteiger partial charge in [0.05, 0.1) is 18.8 Å². The van der Waals surface area contributed by atoms with Crippen molar-refractivity contribution in [3.63, 3.8) is 0 Å². The summed E-state index contributed by atoms with van der Waals surface area (Å²) in [6.45, 7) is 4.05. The average molecular weight is 246 g/mol. The monoisotopic (exact) mass is 246 g/mol. The molecule has 2 rings (SSSR count). The van der Waals surface area contributed by atoms with Crippen LogP contribution < -0.4 is 9.98 Å². The third kappa shape index (κ3) is 2.50. The zero-order valence-electron chi connectivity index (χ0n) is 9.16. The normalized spacial score (nSPS) is 47.5. The van der Waals surface area contributed by atoms with Gasteiger partial charge in [-0.25, -0.2) is 5.09 Å². The quantitative estimate of drug-likeness (QED) is 0.515. The Bertz CT molecular complexity index is 315. The predicted molar refractivity (Wildman–Crippen MR) is 54.9 cm³/mol. The Morgan fingerprint density at radius 2 is 2.31 bits per heavy atom. The second-order valence-corrected chi connectivity index (χ2v) is 5.71. The van der Waals surface area contributed by atoms with Gasteiger partial charge in [-0.2, -0.15) is 0 Å². The summed E-state index contributed by atoms with van der Waals surface area (Å²) in [6, 6.07) is -1.19. The smallest absolute Gasteiger partial charge is 0.205 e. The Hall–Kier alpha value is 0.0949. The van der Waals surface area contributed by atoms with E-state index in [0.717, 1.165) is 0 Å². The second kappa shape index (κ2) is 4.40. The number of hydrogen-bond acceptors (Lipinski definition) is 5. The van der Waals surface area contributed by atoms with E-state index in [1.165, 1.54) is 0 Å². The highest BCUT2D eigenvalue weighted by molar-refractivity contribution is 7.49. The van der Waals surface area contributed by atoms with Crippen LogP contribution in [0.3, 0.4) is 0 Å². The molecule has 0 aromatic carbocycles. The summed E-state index contributed by atoms with van der Waals surface area (Å²) in [4.78, 5) is 11.2. The fourth-order valence-electron chi connectivity index (χ4n) is 1.86. The van der Waals surface area contributed by atoms with Gasteiger partial charge in [-0.1, -0.05) is 0 Å². The molecule has 16 heavy (non-hydrogen) atoms. The molecule has 90 valence electrons. The van der Waals surface area contributed by atoms with Gasteiger partial charge in [0.1, 0.15) is 20.1 Å². The topological polar surface area (TPSA) is 79.9 Å². The Balaban J connectivity index is 1.99. The van der Waals surface area contributed by atoms with Crippen molar-refractivity contribution in [2.24, 2.45) is 0 Å². The largest absolute Gasteiger partial charge is 0.766 e. The highest BCUT2D eigenvalue weighted by Crippen LogP contribution is 2.46. The summed E-state index contributed by atoms with van der Waals surface area (Å²) >= 11 is 0. The van der Waals surface area contributed by atoms with Crippen molar-refractivity contribution in [1.82, 2.24) is 5.09 Å². The van der Waals surface area contributed by atoms with Crippen LogP contribution in [0.15, 0.2) is 0 Å². The minimum atomic E-state index is -3.96. The van der Waals surface area contributed by atoms with Crippen LogP contribution in [-0.4, -0.2) is 44.8 Å². The van der Waals surface area contributed by atoms with Crippen LogP contribution in [-0.2, 0) is 18.6 Å². The van der Waals surface area contributed by atoms with Crippen LogP contribution in [0.25, 0.3) is 0 Å². The molecule has 2 fully saturated rings. The summed E-state index contributed by atoms with van der Waals surface area (Å²) in [6.07, 6.45) is -0.982. The van der Waals surface area contributed by atoms with E-state index in [1.54, 1.807) is 0 Å². The van der Waals surface area contributed by atoms with Crippen molar-refractivity contribution in [3.05, 3.63) is 0 Å².